The van der Waals surface area contributed by atoms with Crippen LogP contribution in [-0.2, 0) is 15.9 Å². The highest BCUT2D eigenvalue weighted by atomic mass is 16.5. The molecule has 1 aromatic heterocycles. The molecule has 0 radical (unpaired) electrons. The highest BCUT2D eigenvalue weighted by Gasteiger charge is 2.15. The van der Waals surface area contributed by atoms with Crippen LogP contribution in [0, 0.1) is 0 Å². The van der Waals surface area contributed by atoms with Crippen LogP contribution in [0.3, 0.4) is 0 Å². The molecule has 8 nitrogen and oxygen atoms in total. The first kappa shape index (κ1) is 22.5. The van der Waals surface area contributed by atoms with Crippen molar-refractivity contribution >= 4 is 17.7 Å². The van der Waals surface area contributed by atoms with Crippen LogP contribution in [0.5, 0.6) is 5.88 Å². The summed E-state index contributed by atoms with van der Waals surface area (Å²) in [4.78, 5) is 9.27. The third-order valence-corrected chi connectivity index (χ3v) is 5.68. The zero-order valence-corrected chi connectivity index (χ0v) is 18.8. The second-order valence-corrected chi connectivity index (χ2v) is 7.92. The first-order chi connectivity index (χ1) is 15.8. The summed E-state index contributed by atoms with van der Waals surface area (Å²) in [5, 5.41) is 4.41. The summed E-state index contributed by atoms with van der Waals surface area (Å²) >= 11 is 0. The van der Waals surface area contributed by atoms with E-state index in [1.54, 1.807) is 0 Å². The number of morpholine rings is 2. The topological polar surface area (TPSA) is 71.5 Å². The van der Waals surface area contributed by atoms with E-state index in [2.05, 4.69) is 50.4 Å². The Morgan fingerprint density at radius 1 is 1.06 bits per heavy atom. The fourth-order valence-corrected chi connectivity index (χ4v) is 3.80. The molecule has 0 amide bonds. The van der Waals surface area contributed by atoms with Gasteiger partial charge < -0.3 is 19.1 Å². The Labute approximate surface area is 190 Å². The predicted molar refractivity (Wildman–Crippen MR) is 127 cm³/mol. The van der Waals surface area contributed by atoms with E-state index in [0.29, 0.717) is 18.3 Å². The summed E-state index contributed by atoms with van der Waals surface area (Å²) in [5.41, 5.74) is 6.50. The Bertz CT molecular complexity index is 880. The van der Waals surface area contributed by atoms with E-state index in [9.17, 15) is 0 Å². The maximum absolute atomic E-state index is 6.03. The first-order valence-electron chi connectivity index (χ1n) is 11.5. The fraction of sp³-hybridized carbons (Fsp3) is 0.500. The molecule has 32 heavy (non-hydrogen) atoms. The zero-order chi connectivity index (χ0) is 22.0. The summed E-state index contributed by atoms with van der Waals surface area (Å²) in [7, 11) is 0. The second kappa shape index (κ2) is 11.8. The summed E-state index contributed by atoms with van der Waals surface area (Å²) < 4.78 is 16.9. The molecule has 2 fully saturated rings. The first-order valence-corrected chi connectivity index (χ1v) is 11.5. The molecular formula is C24H33N5O3. The monoisotopic (exact) mass is 439 g/mol. The van der Waals surface area contributed by atoms with Crippen LogP contribution in [0.1, 0.15) is 18.1 Å². The average molecular weight is 440 g/mol. The van der Waals surface area contributed by atoms with Gasteiger partial charge in [-0.1, -0.05) is 31.2 Å². The Morgan fingerprint density at radius 3 is 2.62 bits per heavy atom. The lowest BCUT2D eigenvalue weighted by molar-refractivity contribution is 0.0320. The molecule has 2 aliphatic rings. The summed E-state index contributed by atoms with van der Waals surface area (Å²) in [5.74, 6) is 1.27. The van der Waals surface area contributed by atoms with Gasteiger partial charge in [0.1, 0.15) is 6.61 Å². The van der Waals surface area contributed by atoms with Gasteiger partial charge in [0.05, 0.1) is 32.6 Å². The number of benzene rings is 1. The normalized spacial score (nSPS) is 17.6. The standard InChI is InChI=1S/C24H33N5O3/c1-2-20-4-3-5-21(16-20)19-25-27-23-17-22(29-9-13-31-14-10-29)18-24(26-23)32-15-8-28-6-11-30-12-7-28/h3-5,16-19H,2,6-15H2,1H3,(H,26,27)/b25-19+. The van der Waals surface area contributed by atoms with Gasteiger partial charge in [0, 0.05) is 50.5 Å². The van der Waals surface area contributed by atoms with E-state index in [-0.39, 0.29) is 0 Å². The summed E-state index contributed by atoms with van der Waals surface area (Å²) in [6, 6.07) is 12.4. The van der Waals surface area contributed by atoms with Crippen LogP contribution in [-0.4, -0.2) is 81.9 Å². The third kappa shape index (κ3) is 6.66. The van der Waals surface area contributed by atoms with Crippen molar-refractivity contribution < 1.29 is 14.2 Å². The van der Waals surface area contributed by atoms with Gasteiger partial charge in [-0.05, 0) is 17.5 Å². The van der Waals surface area contributed by atoms with E-state index in [1.807, 2.05) is 24.4 Å². The number of nitrogens with one attached hydrogen (secondary N) is 1. The van der Waals surface area contributed by atoms with E-state index >= 15 is 0 Å². The van der Waals surface area contributed by atoms with Crippen LogP contribution in [0.25, 0.3) is 0 Å². The number of aryl methyl sites for hydroxylation is 1. The van der Waals surface area contributed by atoms with E-state index in [1.165, 1.54) is 5.56 Å². The molecular weight excluding hydrogens is 406 g/mol. The van der Waals surface area contributed by atoms with Gasteiger partial charge in [-0.3, -0.25) is 10.3 Å². The lowest BCUT2D eigenvalue weighted by Gasteiger charge is -2.29. The van der Waals surface area contributed by atoms with Crippen LogP contribution < -0.4 is 15.1 Å². The van der Waals surface area contributed by atoms with E-state index < -0.39 is 0 Å². The molecule has 2 aromatic rings. The Balaban J connectivity index is 1.43. The molecule has 0 atom stereocenters. The Morgan fingerprint density at radius 2 is 1.84 bits per heavy atom. The lowest BCUT2D eigenvalue weighted by atomic mass is 10.1. The van der Waals surface area contributed by atoms with Gasteiger partial charge >= 0.3 is 0 Å². The number of anilines is 2. The fourth-order valence-electron chi connectivity index (χ4n) is 3.80. The predicted octanol–water partition coefficient (Wildman–Crippen LogP) is 2.64. The average Bonchev–Trinajstić information content (AvgIpc) is 2.85. The SMILES string of the molecule is CCc1cccc(/C=N/Nc2cc(N3CCOCC3)cc(OCCN3CCOCC3)n2)c1. The molecule has 4 rings (SSSR count). The molecule has 2 aliphatic heterocycles. The van der Waals surface area contributed by atoms with Gasteiger partial charge in [0.2, 0.25) is 5.88 Å². The summed E-state index contributed by atoms with van der Waals surface area (Å²) in [6.07, 6.45) is 2.82. The molecule has 2 saturated heterocycles. The minimum atomic E-state index is 0.589. The highest BCUT2D eigenvalue weighted by molar-refractivity contribution is 5.80. The Hall–Kier alpha value is -2.68. The van der Waals surface area contributed by atoms with Gasteiger partial charge in [-0.15, -0.1) is 0 Å². The number of hydrogen-bond acceptors (Lipinski definition) is 8. The molecule has 1 N–H and O–H groups in total. The quantitative estimate of drug-likeness (QED) is 0.476. The number of aromatic nitrogens is 1. The largest absolute Gasteiger partial charge is 0.476 e. The number of hydrogen-bond donors (Lipinski definition) is 1. The molecule has 0 aliphatic carbocycles. The molecule has 0 bridgehead atoms. The van der Waals surface area contributed by atoms with Crippen molar-refractivity contribution in [3.05, 3.63) is 47.5 Å². The highest BCUT2D eigenvalue weighted by Crippen LogP contribution is 2.25. The molecule has 0 spiro atoms. The molecule has 1 aromatic carbocycles. The second-order valence-electron chi connectivity index (χ2n) is 7.92. The zero-order valence-electron chi connectivity index (χ0n) is 18.8. The maximum Gasteiger partial charge on any atom is 0.217 e. The van der Waals surface area contributed by atoms with Gasteiger partial charge in [0.15, 0.2) is 5.82 Å². The van der Waals surface area contributed by atoms with Crippen molar-refractivity contribution in [1.82, 2.24) is 9.88 Å². The smallest absolute Gasteiger partial charge is 0.217 e. The van der Waals surface area contributed by atoms with Crippen molar-refractivity contribution in [2.45, 2.75) is 13.3 Å². The van der Waals surface area contributed by atoms with Crippen molar-refractivity contribution in [2.24, 2.45) is 5.10 Å². The minimum absolute atomic E-state index is 0.589. The van der Waals surface area contributed by atoms with E-state index in [0.717, 1.165) is 76.8 Å². The lowest BCUT2D eigenvalue weighted by Crippen LogP contribution is -2.38. The molecule has 0 unspecified atom stereocenters. The van der Waals surface area contributed by atoms with Crippen LogP contribution >= 0.6 is 0 Å². The number of pyridine rings is 1. The number of ether oxygens (including phenoxy) is 3. The van der Waals surface area contributed by atoms with Gasteiger partial charge in [-0.2, -0.15) is 10.1 Å². The number of rotatable bonds is 9. The van der Waals surface area contributed by atoms with Gasteiger partial charge in [0.25, 0.3) is 0 Å². The third-order valence-electron chi connectivity index (χ3n) is 5.68. The van der Waals surface area contributed by atoms with Crippen molar-refractivity contribution in [3.63, 3.8) is 0 Å². The number of nitrogens with zero attached hydrogens (tertiary/aromatic N) is 4. The molecule has 8 heteroatoms. The van der Waals surface area contributed by atoms with Crippen molar-refractivity contribution in [3.8, 4) is 5.88 Å². The molecule has 172 valence electrons. The van der Waals surface area contributed by atoms with Crippen molar-refractivity contribution in [2.75, 3.05) is 76.1 Å². The van der Waals surface area contributed by atoms with Crippen LogP contribution in [0.4, 0.5) is 11.5 Å². The van der Waals surface area contributed by atoms with E-state index in [4.69, 9.17) is 14.2 Å². The molecule has 0 saturated carbocycles. The Kier molecular flexibility index (Phi) is 8.30. The van der Waals surface area contributed by atoms with Gasteiger partial charge in [-0.25, -0.2) is 0 Å². The minimum Gasteiger partial charge on any atom is -0.476 e. The maximum atomic E-state index is 6.03. The molecule has 3 heterocycles. The number of hydrazone groups is 1. The van der Waals surface area contributed by atoms with Crippen molar-refractivity contribution in [1.29, 1.82) is 0 Å². The summed E-state index contributed by atoms with van der Waals surface area (Å²) in [6.45, 7) is 10.2. The van der Waals surface area contributed by atoms with Crippen LogP contribution in [0.2, 0.25) is 0 Å². The van der Waals surface area contributed by atoms with Crippen LogP contribution in [0.15, 0.2) is 41.5 Å².